The number of carbonyl (C=O) groups is 2. The average molecular weight is 225 g/mol. The Morgan fingerprint density at radius 1 is 1.53 bits per heavy atom. The first kappa shape index (κ1) is 10.2. The van der Waals surface area contributed by atoms with Gasteiger partial charge in [-0.1, -0.05) is 49.0 Å². The first-order valence-electron chi connectivity index (χ1n) is 4.98. The second kappa shape index (κ2) is 5.56. The van der Waals surface area contributed by atoms with Crippen LogP contribution in [0.1, 0.15) is 18.7 Å². The van der Waals surface area contributed by atoms with Gasteiger partial charge in [-0.2, -0.15) is 0 Å². The fourth-order valence-corrected chi connectivity index (χ4v) is 1.70. The van der Waals surface area contributed by atoms with Crippen LogP contribution in [0.25, 0.3) is 0 Å². The summed E-state index contributed by atoms with van der Waals surface area (Å²) >= 11 is 0.940. The van der Waals surface area contributed by atoms with E-state index in [0.29, 0.717) is 5.56 Å². The molecule has 4 heteroatoms. The Hall–Kier alpha value is -1.29. The Morgan fingerprint density at radius 3 is 2.87 bits per heavy atom. The molecule has 0 aliphatic rings. The van der Waals surface area contributed by atoms with E-state index in [4.69, 9.17) is 6.48 Å². The summed E-state index contributed by atoms with van der Waals surface area (Å²) in [4.78, 5) is 22.2. The number of benzene rings is 1. The van der Waals surface area contributed by atoms with Crippen LogP contribution >= 0.6 is 11.8 Å². The molecule has 0 saturated carbocycles. The van der Waals surface area contributed by atoms with Crippen LogP contribution in [0.15, 0.2) is 30.3 Å². The van der Waals surface area contributed by atoms with Crippen LogP contribution in [-0.4, -0.2) is 21.9 Å². The number of thioether (sulfide) groups is 1. The highest BCUT2D eigenvalue weighted by Gasteiger charge is 2.14. The largest absolute Gasteiger partial charge is 0.481 e. The van der Waals surface area contributed by atoms with Crippen molar-refractivity contribution in [3.05, 3.63) is 35.9 Å². The average Bonchev–Trinajstić information content (AvgIpc) is 2.25. The molecular weight excluding hydrogens is 212 g/mol. The lowest BCUT2D eigenvalue weighted by molar-refractivity contribution is -0.140. The predicted molar refractivity (Wildman–Crippen MR) is 60.0 cm³/mol. The number of carboxylic acids is 1. The van der Waals surface area contributed by atoms with Gasteiger partial charge in [0, 0.05) is 11.3 Å². The Kier molecular flexibility index (Phi) is 3.79. The van der Waals surface area contributed by atoms with Gasteiger partial charge in [-0.15, -0.1) is 0 Å². The summed E-state index contributed by atoms with van der Waals surface area (Å²) < 4.78 is 7.52. The van der Waals surface area contributed by atoms with Gasteiger partial charge in [0.1, 0.15) is 0 Å². The molecule has 0 radical (unpaired) electrons. The lowest BCUT2D eigenvalue weighted by Crippen LogP contribution is -2.13. The molecular formula is C11H12O3S. The molecule has 0 amide bonds. The van der Waals surface area contributed by atoms with Gasteiger partial charge < -0.3 is 5.11 Å². The topological polar surface area (TPSA) is 54.4 Å². The Balaban J connectivity index is 2.60. The van der Waals surface area contributed by atoms with Gasteiger partial charge in [-0.3, -0.25) is 9.59 Å². The Bertz CT molecular complexity index is 406. The molecule has 0 fully saturated rings. The second-order valence-corrected chi connectivity index (χ2v) is 4.11. The number of aliphatic carboxylic acids is 1. The van der Waals surface area contributed by atoms with Crippen molar-refractivity contribution in [1.82, 2.24) is 0 Å². The van der Waals surface area contributed by atoms with Crippen LogP contribution in [0, 0.1) is 5.92 Å². The monoisotopic (exact) mass is 225 g/mol. The molecule has 3 nitrogen and oxygen atoms in total. The summed E-state index contributed by atoms with van der Waals surface area (Å²) in [6.45, 7) is 1.55. The molecule has 1 N–H and O–H groups in total. The van der Waals surface area contributed by atoms with Gasteiger partial charge in [-0.25, -0.2) is 0 Å². The number of rotatable bonds is 4. The van der Waals surface area contributed by atoms with Crippen LogP contribution in [-0.2, 0) is 4.79 Å². The molecule has 0 aliphatic heterocycles. The SMILES string of the molecule is [2H]c1ccccc1C(=O)SCC(C)C(=O)O. The maximum atomic E-state index is 11.6. The molecule has 0 aliphatic carbocycles. The van der Waals surface area contributed by atoms with E-state index in [1.54, 1.807) is 25.1 Å². The number of hydrogen-bond acceptors (Lipinski definition) is 3. The zero-order valence-corrected chi connectivity index (χ0v) is 9.08. The summed E-state index contributed by atoms with van der Waals surface area (Å²) in [5, 5.41) is 8.41. The van der Waals surface area contributed by atoms with E-state index < -0.39 is 11.9 Å². The standard InChI is InChI=1S/C11H12O3S/c1-8(10(12)13)7-15-11(14)9-5-3-2-4-6-9/h2-6,8H,7H2,1H3,(H,12,13)/i5D. The second-order valence-electron chi connectivity index (χ2n) is 3.11. The van der Waals surface area contributed by atoms with Crippen LogP contribution in [0.4, 0.5) is 0 Å². The minimum Gasteiger partial charge on any atom is -0.481 e. The molecule has 0 bridgehead atoms. The van der Waals surface area contributed by atoms with E-state index in [9.17, 15) is 9.59 Å². The smallest absolute Gasteiger partial charge is 0.307 e. The molecule has 80 valence electrons. The van der Waals surface area contributed by atoms with E-state index >= 15 is 0 Å². The zero-order chi connectivity index (χ0) is 12.1. The van der Waals surface area contributed by atoms with Gasteiger partial charge >= 0.3 is 5.97 Å². The van der Waals surface area contributed by atoms with E-state index in [-0.39, 0.29) is 16.9 Å². The lowest BCUT2D eigenvalue weighted by Gasteiger charge is -2.04. The molecule has 0 spiro atoms. The van der Waals surface area contributed by atoms with Crippen molar-refractivity contribution in [2.45, 2.75) is 6.92 Å². The highest BCUT2D eigenvalue weighted by atomic mass is 32.2. The van der Waals surface area contributed by atoms with Crippen LogP contribution in [0.3, 0.4) is 0 Å². The predicted octanol–water partition coefficient (Wildman–Crippen LogP) is 2.28. The first-order valence-corrected chi connectivity index (χ1v) is 5.46. The van der Waals surface area contributed by atoms with Gasteiger partial charge in [0.05, 0.1) is 7.29 Å². The van der Waals surface area contributed by atoms with Crippen molar-refractivity contribution in [2.24, 2.45) is 5.92 Å². The van der Waals surface area contributed by atoms with Gasteiger partial charge in [0.2, 0.25) is 5.12 Å². The molecule has 1 unspecified atom stereocenters. The Morgan fingerprint density at radius 2 is 2.27 bits per heavy atom. The lowest BCUT2D eigenvalue weighted by atomic mass is 10.2. The summed E-state index contributed by atoms with van der Waals surface area (Å²) in [7, 11) is 0. The molecule has 1 aromatic rings. The minimum absolute atomic E-state index is 0.169. The fourth-order valence-electron chi connectivity index (χ4n) is 0.870. The van der Waals surface area contributed by atoms with E-state index in [1.165, 1.54) is 6.07 Å². The quantitative estimate of drug-likeness (QED) is 0.854. The zero-order valence-electron chi connectivity index (χ0n) is 9.27. The van der Waals surface area contributed by atoms with Crippen molar-refractivity contribution in [3.63, 3.8) is 0 Å². The van der Waals surface area contributed by atoms with Crippen molar-refractivity contribution >= 4 is 22.8 Å². The molecule has 1 atom stereocenters. The summed E-state index contributed by atoms with van der Waals surface area (Å²) in [6.07, 6.45) is 0. The van der Waals surface area contributed by atoms with E-state index in [1.807, 2.05) is 0 Å². The highest BCUT2D eigenvalue weighted by Crippen LogP contribution is 2.15. The molecule has 0 saturated heterocycles. The van der Waals surface area contributed by atoms with Gasteiger partial charge in [-0.05, 0) is 0 Å². The van der Waals surface area contributed by atoms with E-state index in [2.05, 4.69) is 0 Å². The molecule has 0 aromatic heterocycles. The first-order chi connectivity index (χ1) is 7.52. The number of carbonyl (C=O) groups excluding carboxylic acids is 1. The van der Waals surface area contributed by atoms with Gasteiger partial charge in [0.15, 0.2) is 0 Å². The Labute approximate surface area is 93.9 Å². The maximum absolute atomic E-state index is 11.6. The van der Waals surface area contributed by atoms with Crippen LogP contribution in [0.2, 0.25) is 0 Å². The molecule has 1 rings (SSSR count). The van der Waals surface area contributed by atoms with Gasteiger partial charge in [0.25, 0.3) is 0 Å². The third kappa shape index (κ3) is 3.75. The van der Waals surface area contributed by atoms with Crippen molar-refractivity contribution in [2.75, 3.05) is 5.75 Å². The normalized spacial score (nSPS) is 13.0. The third-order valence-corrected chi connectivity index (χ3v) is 2.96. The van der Waals surface area contributed by atoms with Crippen molar-refractivity contribution in [3.8, 4) is 0 Å². The fraction of sp³-hybridized carbons (Fsp3) is 0.273. The van der Waals surface area contributed by atoms with Crippen LogP contribution < -0.4 is 0 Å². The van der Waals surface area contributed by atoms with Crippen molar-refractivity contribution in [1.29, 1.82) is 0 Å². The van der Waals surface area contributed by atoms with Crippen molar-refractivity contribution < 1.29 is 16.1 Å². The molecule has 0 heterocycles. The number of carboxylic acid groups (broad SMARTS) is 1. The minimum atomic E-state index is -0.917. The molecule has 1 aromatic carbocycles. The van der Waals surface area contributed by atoms with Crippen LogP contribution in [0.5, 0.6) is 0 Å². The summed E-state index contributed by atoms with van der Waals surface area (Å²) in [5.41, 5.74) is 0.324. The van der Waals surface area contributed by atoms with E-state index in [0.717, 1.165) is 11.8 Å². The summed E-state index contributed by atoms with van der Waals surface area (Å²) in [5.74, 6) is -1.26. The third-order valence-electron chi connectivity index (χ3n) is 1.81. The number of hydrogen-bond donors (Lipinski definition) is 1. The maximum Gasteiger partial charge on any atom is 0.307 e. The molecule has 15 heavy (non-hydrogen) atoms. The summed E-state index contributed by atoms with van der Waals surface area (Å²) in [6, 6.07) is 6.65. The highest BCUT2D eigenvalue weighted by molar-refractivity contribution is 8.14.